The van der Waals surface area contributed by atoms with Gasteiger partial charge in [-0.2, -0.15) is 0 Å². The Balaban J connectivity index is 2.69. The molecule has 0 saturated carbocycles. The molecule has 1 aromatic rings. The van der Waals surface area contributed by atoms with Crippen LogP contribution in [0.15, 0.2) is 18.3 Å². The first-order valence-corrected chi connectivity index (χ1v) is 5.58. The first-order chi connectivity index (χ1) is 8.72. The molecule has 0 spiro atoms. The number of aliphatic hydroxyl groups is 1. The maximum Gasteiger partial charge on any atom is 0.339 e. The van der Waals surface area contributed by atoms with Gasteiger partial charge in [-0.3, -0.25) is 4.98 Å². The summed E-state index contributed by atoms with van der Waals surface area (Å²) in [6.07, 6.45) is 1.60. The third-order valence-electron chi connectivity index (χ3n) is 2.44. The summed E-state index contributed by atoms with van der Waals surface area (Å²) in [5.74, 6) is -0.424. The van der Waals surface area contributed by atoms with Crippen LogP contribution in [0.3, 0.4) is 0 Å². The highest BCUT2D eigenvalue weighted by atomic mass is 16.5. The van der Waals surface area contributed by atoms with E-state index in [-0.39, 0.29) is 12.6 Å². The fraction of sp³-hybridized carbons (Fsp3) is 0.500. The lowest BCUT2D eigenvalue weighted by Gasteiger charge is -2.15. The lowest BCUT2D eigenvalue weighted by Crippen LogP contribution is -2.36. The Morgan fingerprint density at radius 2 is 2.33 bits per heavy atom. The molecule has 0 radical (unpaired) electrons. The molecule has 1 rings (SSSR count). The van der Waals surface area contributed by atoms with Crippen molar-refractivity contribution in [3.63, 3.8) is 0 Å². The number of esters is 1. The number of ether oxygens (including phenoxy) is 2. The van der Waals surface area contributed by atoms with E-state index in [1.807, 2.05) is 0 Å². The summed E-state index contributed by atoms with van der Waals surface area (Å²) in [4.78, 5) is 15.6. The van der Waals surface area contributed by atoms with Crippen molar-refractivity contribution >= 4 is 5.97 Å². The second-order valence-corrected chi connectivity index (χ2v) is 3.70. The third-order valence-corrected chi connectivity index (χ3v) is 2.44. The fourth-order valence-corrected chi connectivity index (χ4v) is 1.49. The van der Waals surface area contributed by atoms with Crippen molar-refractivity contribution in [3.8, 4) is 0 Å². The van der Waals surface area contributed by atoms with E-state index in [0.717, 1.165) is 0 Å². The van der Waals surface area contributed by atoms with Crippen molar-refractivity contribution in [2.24, 2.45) is 0 Å². The molecule has 1 heterocycles. The molecule has 0 fully saturated rings. The maximum absolute atomic E-state index is 11.5. The normalized spacial score (nSPS) is 12.2. The van der Waals surface area contributed by atoms with Crippen LogP contribution in [0, 0.1) is 0 Å². The molecule has 1 unspecified atom stereocenters. The van der Waals surface area contributed by atoms with Gasteiger partial charge in [-0.25, -0.2) is 4.79 Å². The van der Waals surface area contributed by atoms with Crippen LogP contribution in [0.1, 0.15) is 16.1 Å². The molecule has 100 valence electrons. The Morgan fingerprint density at radius 3 is 2.94 bits per heavy atom. The Morgan fingerprint density at radius 1 is 1.56 bits per heavy atom. The van der Waals surface area contributed by atoms with Crippen LogP contribution in [0.4, 0.5) is 0 Å². The van der Waals surface area contributed by atoms with Crippen LogP contribution in [0.2, 0.25) is 0 Å². The van der Waals surface area contributed by atoms with Gasteiger partial charge in [0.15, 0.2) is 0 Å². The van der Waals surface area contributed by atoms with Crippen LogP contribution in [-0.2, 0) is 16.0 Å². The molecule has 1 atom stereocenters. The number of carbonyl (C=O) groups excluding carboxylic acids is 1. The van der Waals surface area contributed by atoms with Crippen LogP contribution in [0.5, 0.6) is 0 Å². The van der Waals surface area contributed by atoms with E-state index in [4.69, 9.17) is 9.84 Å². The van der Waals surface area contributed by atoms with E-state index < -0.39 is 5.97 Å². The van der Waals surface area contributed by atoms with Crippen molar-refractivity contribution in [2.45, 2.75) is 12.6 Å². The average Bonchev–Trinajstić information content (AvgIpc) is 2.43. The standard InChI is InChI=1S/C12H18N2O4/c1-17-8-9(7-15)14-6-11-10(12(16)18-2)4-3-5-13-11/h3-5,9,14-15H,6-8H2,1-2H3. The molecule has 6 heteroatoms. The summed E-state index contributed by atoms with van der Waals surface area (Å²) in [5.41, 5.74) is 1.00. The summed E-state index contributed by atoms with van der Waals surface area (Å²) in [6, 6.07) is 3.14. The van der Waals surface area contributed by atoms with Crippen molar-refractivity contribution < 1.29 is 19.4 Å². The Hall–Kier alpha value is -1.50. The monoisotopic (exact) mass is 254 g/mol. The van der Waals surface area contributed by atoms with Gasteiger partial charge in [0.2, 0.25) is 0 Å². The molecule has 0 aliphatic rings. The number of aromatic nitrogens is 1. The number of aliphatic hydroxyl groups excluding tert-OH is 1. The van der Waals surface area contributed by atoms with Crippen molar-refractivity contribution in [1.82, 2.24) is 10.3 Å². The smallest absolute Gasteiger partial charge is 0.339 e. The van der Waals surface area contributed by atoms with Crippen molar-refractivity contribution in [3.05, 3.63) is 29.6 Å². The highest BCUT2D eigenvalue weighted by Gasteiger charge is 2.13. The second-order valence-electron chi connectivity index (χ2n) is 3.70. The van der Waals surface area contributed by atoms with E-state index in [9.17, 15) is 4.79 Å². The minimum atomic E-state index is -0.424. The van der Waals surface area contributed by atoms with E-state index in [1.54, 1.807) is 25.4 Å². The average molecular weight is 254 g/mol. The molecular weight excluding hydrogens is 236 g/mol. The van der Waals surface area contributed by atoms with Gasteiger partial charge < -0.3 is 19.9 Å². The molecule has 0 aliphatic heterocycles. The van der Waals surface area contributed by atoms with Gasteiger partial charge in [0.05, 0.1) is 37.6 Å². The largest absolute Gasteiger partial charge is 0.465 e. The first-order valence-electron chi connectivity index (χ1n) is 5.58. The molecule has 0 amide bonds. The lowest BCUT2D eigenvalue weighted by molar-refractivity contribution is 0.0598. The molecular formula is C12H18N2O4. The highest BCUT2D eigenvalue weighted by Crippen LogP contribution is 2.07. The molecule has 0 bridgehead atoms. The number of carbonyl (C=O) groups is 1. The van der Waals surface area contributed by atoms with E-state index in [1.165, 1.54) is 7.11 Å². The van der Waals surface area contributed by atoms with E-state index in [2.05, 4.69) is 15.0 Å². The topological polar surface area (TPSA) is 80.7 Å². The quantitative estimate of drug-likeness (QED) is 0.665. The molecule has 1 aromatic heterocycles. The Bertz CT molecular complexity index is 384. The zero-order valence-corrected chi connectivity index (χ0v) is 10.5. The molecule has 18 heavy (non-hydrogen) atoms. The van der Waals surface area contributed by atoms with E-state index >= 15 is 0 Å². The molecule has 0 aromatic carbocycles. The van der Waals surface area contributed by atoms with Crippen molar-refractivity contribution in [2.75, 3.05) is 27.4 Å². The van der Waals surface area contributed by atoms with Gasteiger partial charge >= 0.3 is 5.97 Å². The van der Waals surface area contributed by atoms with Crippen LogP contribution < -0.4 is 5.32 Å². The van der Waals surface area contributed by atoms with Gasteiger partial charge in [-0.05, 0) is 12.1 Å². The minimum absolute atomic E-state index is 0.0474. The predicted octanol–water partition coefficient (Wildman–Crippen LogP) is -0.0349. The Labute approximate surface area is 106 Å². The summed E-state index contributed by atoms with van der Waals surface area (Å²) in [7, 11) is 2.89. The fourth-order valence-electron chi connectivity index (χ4n) is 1.49. The third kappa shape index (κ3) is 4.06. The summed E-state index contributed by atoms with van der Waals surface area (Å²) in [6.45, 7) is 0.699. The summed E-state index contributed by atoms with van der Waals surface area (Å²) < 4.78 is 9.62. The van der Waals surface area contributed by atoms with Crippen LogP contribution in [0.25, 0.3) is 0 Å². The van der Waals surface area contributed by atoms with Gasteiger partial charge in [-0.1, -0.05) is 0 Å². The van der Waals surface area contributed by atoms with Gasteiger partial charge in [0.1, 0.15) is 0 Å². The number of hydrogen-bond acceptors (Lipinski definition) is 6. The number of hydrogen-bond donors (Lipinski definition) is 2. The molecule has 0 saturated heterocycles. The summed E-state index contributed by atoms with van der Waals surface area (Å²) in [5, 5.41) is 12.2. The lowest BCUT2D eigenvalue weighted by atomic mass is 10.2. The van der Waals surface area contributed by atoms with Gasteiger partial charge in [0, 0.05) is 19.9 Å². The minimum Gasteiger partial charge on any atom is -0.465 e. The first kappa shape index (κ1) is 14.6. The molecule has 0 aliphatic carbocycles. The predicted molar refractivity (Wildman–Crippen MR) is 65.2 cm³/mol. The highest BCUT2D eigenvalue weighted by molar-refractivity contribution is 5.90. The zero-order valence-electron chi connectivity index (χ0n) is 10.5. The summed E-state index contributed by atoms with van der Waals surface area (Å²) >= 11 is 0. The van der Waals surface area contributed by atoms with Crippen molar-refractivity contribution in [1.29, 1.82) is 0 Å². The van der Waals surface area contributed by atoms with Gasteiger partial charge in [0.25, 0.3) is 0 Å². The van der Waals surface area contributed by atoms with Crippen LogP contribution in [-0.4, -0.2) is 49.5 Å². The van der Waals surface area contributed by atoms with Crippen LogP contribution >= 0.6 is 0 Å². The van der Waals surface area contributed by atoms with Gasteiger partial charge in [-0.15, -0.1) is 0 Å². The maximum atomic E-state index is 11.5. The second kappa shape index (κ2) is 7.75. The number of methoxy groups -OCH3 is 2. The SMILES string of the molecule is COCC(CO)NCc1ncccc1C(=O)OC. The molecule has 2 N–H and O–H groups in total. The van der Waals surface area contributed by atoms with E-state index in [0.29, 0.717) is 24.4 Å². The number of nitrogens with zero attached hydrogens (tertiary/aromatic N) is 1. The Kier molecular flexibility index (Phi) is 6.27. The number of nitrogens with one attached hydrogen (secondary N) is 1. The number of pyridine rings is 1. The molecule has 6 nitrogen and oxygen atoms in total. The number of rotatable bonds is 7. The zero-order chi connectivity index (χ0) is 13.4.